The fourth-order valence-electron chi connectivity index (χ4n) is 4.94. The van der Waals surface area contributed by atoms with Gasteiger partial charge in [0, 0.05) is 35.9 Å². The summed E-state index contributed by atoms with van der Waals surface area (Å²) in [6, 6.07) is 19.5. The van der Waals surface area contributed by atoms with Gasteiger partial charge in [0.15, 0.2) is 5.96 Å². The zero-order chi connectivity index (χ0) is 23.0. The molecule has 0 aliphatic carbocycles. The van der Waals surface area contributed by atoms with Crippen LogP contribution >= 0.6 is 0 Å². The number of phenolic OH excluding ortho intramolecular Hbond substituents is 1. The van der Waals surface area contributed by atoms with E-state index >= 15 is 0 Å². The molecule has 0 spiro atoms. The number of nitrogens with one attached hydrogen (secondary N) is 3. The number of carbonyl (C=O) groups is 1. The van der Waals surface area contributed by atoms with Crippen molar-refractivity contribution in [1.82, 2.24) is 10.2 Å². The predicted octanol–water partition coefficient (Wildman–Crippen LogP) is 4.44. The number of carbonyl (C=O) groups excluding carboxylic acids is 1. The van der Waals surface area contributed by atoms with Crippen LogP contribution in [0.2, 0.25) is 0 Å². The van der Waals surface area contributed by atoms with Gasteiger partial charge in [0.05, 0.1) is 17.6 Å². The molecule has 5 rings (SSSR count). The number of ether oxygens (including phenoxy) is 1. The average molecular weight is 445 g/mol. The first kappa shape index (κ1) is 21.3. The molecule has 2 heterocycles. The molecule has 2 aliphatic rings. The number of guanidine groups is 1. The minimum atomic E-state index is -0.892. The molecule has 1 atom stereocenters. The molecule has 33 heavy (non-hydrogen) atoms. The van der Waals surface area contributed by atoms with Crippen molar-refractivity contribution >= 4 is 34.0 Å². The highest BCUT2D eigenvalue weighted by Crippen LogP contribution is 2.41. The highest BCUT2D eigenvalue weighted by atomic mass is 16.5. The van der Waals surface area contributed by atoms with Crippen LogP contribution in [0.15, 0.2) is 60.7 Å². The van der Waals surface area contributed by atoms with Gasteiger partial charge in [-0.3, -0.25) is 15.1 Å². The maximum Gasteiger partial charge on any atom is 0.232 e. The maximum atomic E-state index is 13.1. The van der Waals surface area contributed by atoms with E-state index in [1.807, 2.05) is 61.5 Å². The molecule has 3 aromatic rings. The van der Waals surface area contributed by atoms with Crippen LogP contribution in [0.25, 0.3) is 10.8 Å². The van der Waals surface area contributed by atoms with E-state index in [9.17, 15) is 9.90 Å². The van der Waals surface area contributed by atoms with Crippen molar-refractivity contribution in [2.75, 3.05) is 18.5 Å². The van der Waals surface area contributed by atoms with Crippen LogP contribution in [0.5, 0.6) is 5.75 Å². The van der Waals surface area contributed by atoms with Gasteiger partial charge >= 0.3 is 0 Å². The van der Waals surface area contributed by atoms with Crippen molar-refractivity contribution in [3.63, 3.8) is 0 Å². The van der Waals surface area contributed by atoms with Crippen LogP contribution in [0.1, 0.15) is 31.7 Å². The fourth-order valence-corrected chi connectivity index (χ4v) is 4.94. The van der Waals surface area contributed by atoms with E-state index in [0.29, 0.717) is 24.5 Å². The molecule has 0 bridgehead atoms. The summed E-state index contributed by atoms with van der Waals surface area (Å²) >= 11 is 0. The zero-order valence-corrected chi connectivity index (χ0v) is 18.6. The second kappa shape index (κ2) is 8.41. The Morgan fingerprint density at radius 3 is 2.55 bits per heavy atom. The van der Waals surface area contributed by atoms with E-state index in [1.54, 1.807) is 11.0 Å². The van der Waals surface area contributed by atoms with Crippen LogP contribution in [0, 0.1) is 5.41 Å². The van der Waals surface area contributed by atoms with Gasteiger partial charge in [-0.15, -0.1) is 0 Å². The Labute approximate surface area is 192 Å². The average Bonchev–Trinajstić information content (AvgIpc) is 2.81. The largest absolute Gasteiger partial charge is 0.505 e. The number of nitrogens with zero attached hydrogens (tertiary/aromatic N) is 1. The molecule has 0 aromatic heterocycles. The zero-order valence-electron chi connectivity index (χ0n) is 18.6. The number of rotatable bonds is 4. The number of anilines is 2. The Hall–Kier alpha value is -3.58. The molecular weight excluding hydrogens is 416 g/mol. The number of hydrogen-bond donors (Lipinski definition) is 4. The molecule has 0 radical (unpaired) electrons. The molecule has 2 aliphatic heterocycles. The van der Waals surface area contributed by atoms with Gasteiger partial charge in [0.1, 0.15) is 5.75 Å². The highest BCUT2D eigenvalue weighted by Gasteiger charge is 2.43. The lowest BCUT2D eigenvalue weighted by Gasteiger charge is -2.44. The topological polar surface area (TPSA) is 97.7 Å². The number of phenols is 1. The molecule has 7 heteroatoms. The smallest absolute Gasteiger partial charge is 0.232 e. The lowest BCUT2D eigenvalue weighted by atomic mass is 9.85. The Balaban J connectivity index is 1.44. The Kier molecular flexibility index (Phi) is 5.42. The first-order valence-electron chi connectivity index (χ1n) is 11.3. The maximum absolute atomic E-state index is 13.1. The second-order valence-electron chi connectivity index (χ2n) is 8.94. The predicted molar refractivity (Wildman–Crippen MR) is 129 cm³/mol. The third-order valence-electron chi connectivity index (χ3n) is 6.65. The summed E-state index contributed by atoms with van der Waals surface area (Å²) in [4.78, 5) is 14.7. The Bertz CT molecular complexity index is 1200. The summed E-state index contributed by atoms with van der Waals surface area (Å²) in [7, 11) is 0. The molecule has 4 N–H and O–H groups in total. The standard InChI is InChI=1S/C26H28N4O3/c1-26(16-23(31)30(25(27)29-26)18-12-14-33-15-13-18)20-9-5-11-22(24(20)32)28-21-10-4-7-17-6-2-3-8-19(17)21/h2-11,18,28,32H,12-16H2,1H3,(H2,27,29)/t26-/m0/s1. The van der Waals surface area contributed by atoms with Gasteiger partial charge in [-0.25, -0.2) is 0 Å². The highest BCUT2D eigenvalue weighted by molar-refractivity contribution is 6.00. The third-order valence-corrected chi connectivity index (χ3v) is 6.65. The summed E-state index contributed by atoms with van der Waals surface area (Å²) < 4.78 is 5.41. The summed E-state index contributed by atoms with van der Waals surface area (Å²) in [5.74, 6) is 0.0352. The minimum absolute atomic E-state index is 0.0243. The van der Waals surface area contributed by atoms with Crippen molar-refractivity contribution in [1.29, 1.82) is 5.41 Å². The third kappa shape index (κ3) is 3.89. The van der Waals surface area contributed by atoms with Crippen molar-refractivity contribution in [2.45, 2.75) is 37.8 Å². The quantitative estimate of drug-likeness (QED) is 0.446. The molecule has 1 amide bonds. The van der Waals surface area contributed by atoms with E-state index in [2.05, 4.69) is 10.6 Å². The van der Waals surface area contributed by atoms with Gasteiger partial charge in [-0.1, -0.05) is 48.5 Å². The molecule has 3 aromatic carbocycles. The summed E-state index contributed by atoms with van der Waals surface area (Å²) in [6.07, 6.45) is 1.60. The first-order valence-corrected chi connectivity index (χ1v) is 11.3. The van der Waals surface area contributed by atoms with Gasteiger partial charge in [0.25, 0.3) is 0 Å². The van der Waals surface area contributed by atoms with Gasteiger partial charge in [0.2, 0.25) is 5.91 Å². The van der Waals surface area contributed by atoms with Crippen molar-refractivity contribution < 1.29 is 14.6 Å². The monoisotopic (exact) mass is 444 g/mol. The van der Waals surface area contributed by atoms with E-state index in [4.69, 9.17) is 10.1 Å². The second-order valence-corrected chi connectivity index (χ2v) is 8.94. The number of amides is 1. The first-order chi connectivity index (χ1) is 16.0. The normalized spacial score (nSPS) is 21.8. The lowest BCUT2D eigenvalue weighted by molar-refractivity contribution is -0.133. The molecule has 7 nitrogen and oxygen atoms in total. The van der Waals surface area contributed by atoms with E-state index in [0.717, 1.165) is 29.3 Å². The minimum Gasteiger partial charge on any atom is -0.505 e. The van der Waals surface area contributed by atoms with Gasteiger partial charge < -0.3 is 20.5 Å². The van der Waals surface area contributed by atoms with Gasteiger partial charge in [-0.05, 0) is 37.3 Å². The molecule has 2 saturated heterocycles. The number of para-hydroxylation sites is 1. The van der Waals surface area contributed by atoms with E-state index in [1.165, 1.54) is 0 Å². The molecular formula is C26H28N4O3. The van der Waals surface area contributed by atoms with Crippen LogP contribution in [-0.2, 0) is 15.1 Å². The SMILES string of the molecule is C[C@@]1(c2cccc(Nc3cccc4ccccc34)c2O)CC(=O)N(C2CCOCC2)C(=N)N1. The summed E-state index contributed by atoms with van der Waals surface area (Å²) in [5.41, 5.74) is 1.13. The number of fused-ring (bicyclic) bond motifs is 1. The van der Waals surface area contributed by atoms with Crippen LogP contribution in [0.3, 0.4) is 0 Å². The number of hydrogen-bond acceptors (Lipinski definition) is 5. The van der Waals surface area contributed by atoms with Crippen LogP contribution in [0.4, 0.5) is 11.4 Å². The van der Waals surface area contributed by atoms with Crippen molar-refractivity contribution in [3.05, 3.63) is 66.2 Å². The van der Waals surface area contributed by atoms with Crippen molar-refractivity contribution in [3.8, 4) is 5.75 Å². The molecule has 2 fully saturated rings. The van der Waals surface area contributed by atoms with Crippen LogP contribution < -0.4 is 10.6 Å². The Morgan fingerprint density at radius 2 is 1.76 bits per heavy atom. The number of benzene rings is 3. The Morgan fingerprint density at radius 1 is 1.06 bits per heavy atom. The lowest BCUT2D eigenvalue weighted by Crippen LogP contribution is -2.62. The number of aromatic hydroxyl groups is 1. The van der Waals surface area contributed by atoms with E-state index in [-0.39, 0.29) is 30.1 Å². The summed E-state index contributed by atoms with van der Waals surface area (Å²) in [6.45, 7) is 3.06. The van der Waals surface area contributed by atoms with Crippen molar-refractivity contribution in [2.24, 2.45) is 0 Å². The van der Waals surface area contributed by atoms with Crippen LogP contribution in [-0.4, -0.2) is 41.1 Å². The molecule has 0 saturated carbocycles. The molecule has 0 unspecified atom stereocenters. The van der Waals surface area contributed by atoms with Gasteiger partial charge in [-0.2, -0.15) is 0 Å². The molecule has 170 valence electrons. The fraction of sp³-hybridized carbons (Fsp3) is 0.308. The summed E-state index contributed by atoms with van der Waals surface area (Å²) in [5, 5.41) is 28.5. The van der Waals surface area contributed by atoms with E-state index < -0.39 is 5.54 Å².